The summed E-state index contributed by atoms with van der Waals surface area (Å²) in [4.78, 5) is 0. The molecule has 0 aromatic rings. The third-order valence-corrected chi connectivity index (χ3v) is 8.23. The molecule has 112 valence electrons. The van der Waals surface area contributed by atoms with Crippen LogP contribution in [0, 0.1) is 0 Å². The number of piperidine rings is 1. The van der Waals surface area contributed by atoms with Gasteiger partial charge in [0, 0.05) is 37.6 Å². The second kappa shape index (κ2) is 6.30. The van der Waals surface area contributed by atoms with E-state index in [9.17, 15) is 8.42 Å². The van der Waals surface area contributed by atoms with Gasteiger partial charge in [-0.25, -0.2) is 12.7 Å². The van der Waals surface area contributed by atoms with Crippen molar-refractivity contribution in [1.29, 1.82) is 0 Å². The van der Waals surface area contributed by atoms with Crippen LogP contribution in [0.2, 0.25) is 0 Å². The van der Waals surface area contributed by atoms with E-state index in [2.05, 4.69) is 6.26 Å². The average molecular weight is 308 g/mol. The molecule has 0 radical (unpaired) electrons. The van der Waals surface area contributed by atoms with Gasteiger partial charge >= 0.3 is 0 Å². The highest BCUT2D eigenvalue weighted by molar-refractivity contribution is 8.00. The van der Waals surface area contributed by atoms with Gasteiger partial charge in [0.05, 0.1) is 5.25 Å². The SMILES string of the molecule is CSC1(CN)CCN(S(=O)(=O)C2CCOCC2)CC1. The van der Waals surface area contributed by atoms with E-state index >= 15 is 0 Å². The molecule has 2 heterocycles. The molecule has 7 heteroatoms. The van der Waals surface area contributed by atoms with Gasteiger partial charge in [0.1, 0.15) is 0 Å². The van der Waals surface area contributed by atoms with Gasteiger partial charge in [-0.05, 0) is 31.9 Å². The number of hydrogen-bond acceptors (Lipinski definition) is 5. The van der Waals surface area contributed by atoms with Crippen molar-refractivity contribution in [2.24, 2.45) is 5.73 Å². The Morgan fingerprint density at radius 1 is 1.32 bits per heavy atom. The molecule has 2 aliphatic heterocycles. The second-order valence-electron chi connectivity index (χ2n) is 5.35. The smallest absolute Gasteiger partial charge is 0.217 e. The van der Waals surface area contributed by atoms with Gasteiger partial charge in [-0.15, -0.1) is 0 Å². The Morgan fingerprint density at radius 2 is 1.89 bits per heavy atom. The first-order valence-corrected chi connectivity index (χ1v) is 9.59. The minimum atomic E-state index is -3.15. The molecule has 0 atom stereocenters. The zero-order valence-electron chi connectivity index (χ0n) is 11.5. The number of sulfonamides is 1. The monoisotopic (exact) mass is 308 g/mol. The van der Waals surface area contributed by atoms with Gasteiger partial charge in [-0.1, -0.05) is 0 Å². The summed E-state index contributed by atoms with van der Waals surface area (Å²) in [5.41, 5.74) is 5.84. The first-order chi connectivity index (χ1) is 9.04. The van der Waals surface area contributed by atoms with Gasteiger partial charge < -0.3 is 10.5 Å². The van der Waals surface area contributed by atoms with Crippen molar-refractivity contribution in [2.45, 2.75) is 35.7 Å². The first-order valence-electron chi connectivity index (χ1n) is 6.86. The van der Waals surface area contributed by atoms with Crippen LogP contribution in [0.25, 0.3) is 0 Å². The molecule has 2 rings (SSSR count). The Balaban J connectivity index is 2.00. The number of hydrogen-bond donors (Lipinski definition) is 1. The predicted molar refractivity (Wildman–Crippen MR) is 78.9 cm³/mol. The van der Waals surface area contributed by atoms with Crippen LogP contribution in [0.3, 0.4) is 0 Å². The van der Waals surface area contributed by atoms with E-state index in [0.717, 1.165) is 12.8 Å². The van der Waals surface area contributed by atoms with Crippen molar-refractivity contribution in [2.75, 3.05) is 39.1 Å². The van der Waals surface area contributed by atoms with Gasteiger partial charge in [-0.3, -0.25) is 0 Å². The maximum absolute atomic E-state index is 12.6. The molecule has 0 saturated carbocycles. The standard InChI is InChI=1S/C12H24N2O3S2/c1-18-12(10-13)4-6-14(7-5-12)19(15,16)11-2-8-17-9-3-11/h11H,2-10,13H2,1H3. The van der Waals surface area contributed by atoms with E-state index in [1.807, 2.05) is 0 Å². The number of rotatable bonds is 4. The quantitative estimate of drug-likeness (QED) is 0.825. The van der Waals surface area contributed by atoms with E-state index in [0.29, 0.717) is 45.7 Å². The summed E-state index contributed by atoms with van der Waals surface area (Å²) in [6.45, 7) is 2.97. The third-order valence-electron chi connectivity index (χ3n) is 4.39. The Morgan fingerprint density at radius 3 is 2.37 bits per heavy atom. The molecule has 2 saturated heterocycles. The molecule has 0 spiro atoms. The van der Waals surface area contributed by atoms with Crippen molar-refractivity contribution in [3.63, 3.8) is 0 Å². The van der Waals surface area contributed by atoms with Crippen molar-refractivity contribution >= 4 is 21.8 Å². The largest absolute Gasteiger partial charge is 0.381 e. The maximum Gasteiger partial charge on any atom is 0.217 e. The molecule has 0 unspecified atom stereocenters. The van der Waals surface area contributed by atoms with Gasteiger partial charge in [-0.2, -0.15) is 11.8 Å². The minimum absolute atomic E-state index is 0.0711. The topological polar surface area (TPSA) is 72.6 Å². The van der Waals surface area contributed by atoms with Crippen LogP contribution in [0.1, 0.15) is 25.7 Å². The highest BCUT2D eigenvalue weighted by Gasteiger charge is 2.39. The highest BCUT2D eigenvalue weighted by Crippen LogP contribution is 2.35. The summed E-state index contributed by atoms with van der Waals surface area (Å²) < 4.78 is 32.1. The Kier molecular flexibility index (Phi) is 5.16. The number of nitrogens with two attached hydrogens (primary N) is 1. The van der Waals surface area contributed by atoms with Gasteiger partial charge in [0.15, 0.2) is 0 Å². The number of thioether (sulfide) groups is 1. The van der Waals surface area contributed by atoms with Gasteiger partial charge in [0.25, 0.3) is 0 Å². The summed E-state index contributed by atoms with van der Waals surface area (Å²) in [6.07, 6.45) is 5.03. The highest BCUT2D eigenvalue weighted by atomic mass is 32.2. The van der Waals surface area contributed by atoms with Crippen LogP contribution in [-0.4, -0.2) is 61.8 Å². The molecule has 0 bridgehead atoms. The number of nitrogens with zero attached hydrogens (tertiary/aromatic N) is 1. The molecule has 5 nitrogen and oxygen atoms in total. The fourth-order valence-corrected chi connectivity index (χ4v) is 5.48. The van der Waals surface area contributed by atoms with E-state index < -0.39 is 10.0 Å². The lowest BCUT2D eigenvalue weighted by Crippen LogP contribution is -2.51. The lowest BCUT2D eigenvalue weighted by Gasteiger charge is -2.40. The van der Waals surface area contributed by atoms with Crippen molar-refractivity contribution in [3.05, 3.63) is 0 Å². The van der Waals surface area contributed by atoms with E-state index in [1.54, 1.807) is 16.1 Å². The molecule has 2 N–H and O–H groups in total. The lowest BCUT2D eigenvalue weighted by atomic mass is 9.97. The Labute approximate surface area is 120 Å². The van der Waals surface area contributed by atoms with Crippen LogP contribution >= 0.6 is 11.8 Å². The Hall–Kier alpha value is 0.180. The molecule has 2 aliphatic rings. The molecule has 2 fully saturated rings. The predicted octanol–water partition coefficient (Wildman–Crippen LogP) is 0.652. The average Bonchev–Trinajstić information content (AvgIpc) is 2.48. The van der Waals surface area contributed by atoms with Crippen molar-refractivity contribution < 1.29 is 13.2 Å². The van der Waals surface area contributed by atoms with Gasteiger partial charge in [0.2, 0.25) is 10.0 Å². The van der Waals surface area contributed by atoms with Crippen molar-refractivity contribution in [3.8, 4) is 0 Å². The van der Waals surface area contributed by atoms with E-state index in [-0.39, 0.29) is 10.00 Å². The molecule has 0 amide bonds. The van der Waals surface area contributed by atoms with Crippen LogP contribution in [0.4, 0.5) is 0 Å². The van der Waals surface area contributed by atoms with Crippen LogP contribution < -0.4 is 5.73 Å². The fraction of sp³-hybridized carbons (Fsp3) is 1.00. The molecular weight excluding hydrogens is 284 g/mol. The first kappa shape index (κ1) is 15.6. The van der Waals surface area contributed by atoms with E-state index in [1.165, 1.54) is 0 Å². The summed E-state index contributed by atoms with van der Waals surface area (Å²) in [7, 11) is -3.15. The molecule has 0 aromatic carbocycles. The van der Waals surface area contributed by atoms with Crippen LogP contribution in [0.5, 0.6) is 0 Å². The van der Waals surface area contributed by atoms with E-state index in [4.69, 9.17) is 10.5 Å². The van der Waals surface area contributed by atoms with Crippen LogP contribution in [0.15, 0.2) is 0 Å². The molecule has 19 heavy (non-hydrogen) atoms. The lowest BCUT2D eigenvalue weighted by molar-refractivity contribution is 0.0969. The molecular formula is C12H24N2O3S2. The Bertz CT molecular complexity index is 380. The molecule has 0 aliphatic carbocycles. The number of ether oxygens (including phenoxy) is 1. The second-order valence-corrected chi connectivity index (χ2v) is 8.83. The zero-order chi connectivity index (χ0) is 13.9. The summed E-state index contributed by atoms with van der Waals surface area (Å²) in [5, 5.41) is -0.249. The fourth-order valence-electron chi connectivity index (χ4n) is 2.82. The normalized spacial score (nSPS) is 26.4. The third kappa shape index (κ3) is 3.26. The van der Waals surface area contributed by atoms with Crippen molar-refractivity contribution in [1.82, 2.24) is 4.31 Å². The summed E-state index contributed by atoms with van der Waals surface area (Å²) in [5.74, 6) is 0. The van der Waals surface area contributed by atoms with Crippen LogP contribution in [-0.2, 0) is 14.8 Å². The summed E-state index contributed by atoms with van der Waals surface area (Å²) >= 11 is 1.77. The minimum Gasteiger partial charge on any atom is -0.381 e. The summed E-state index contributed by atoms with van der Waals surface area (Å²) in [6, 6.07) is 0. The maximum atomic E-state index is 12.6. The zero-order valence-corrected chi connectivity index (χ0v) is 13.1. The molecule has 0 aromatic heterocycles.